The molecule has 0 aromatic carbocycles. The van der Waals surface area contributed by atoms with Crippen molar-refractivity contribution in [3.05, 3.63) is 23.8 Å². The summed E-state index contributed by atoms with van der Waals surface area (Å²) < 4.78 is 0. The zero-order valence-electron chi connectivity index (χ0n) is 5.47. The molecule has 52 valence electrons. The van der Waals surface area contributed by atoms with Gasteiger partial charge in [0.2, 0.25) is 0 Å². The molecular formula is C7H11ClO. The lowest BCUT2D eigenvalue weighted by molar-refractivity contribution is 0.262. The van der Waals surface area contributed by atoms with Gasteiger partial charge in [-0.25, -0.2) is 0 Å². The van der Waals surface area contributed by atoms with E-state index in [1.54, 1.807) is 12.2 Å². The van der Waals surface area contributed by atoms with Crippen LogP contribution in [0.3, 0.4) is 0 Å². The van der Waals surface area contributed by atoms with Gasteiger partial charge in [-0.05, 0) is 5.92 Å². The van der Waals surface area contributed by atoms with Crippen LogP contribution in [0.5, 0.6) is 0 Å². The van der Waals surface area contributed by atoms with Gasteiger partial charge in [0, 0.05) is 11.6 Å². The van der Waals surface area contributed by atoms with Gasteiger partial charge in [-0.15, -0.1) is 0 Å². The maximum absolute atomic E-state index is 8.54. The van der Waals surface area contributed by atoms with Gasteiger partial charge < -0.3 is 5.11 Å². The van der Waals surface area contributed by atoms with Crippen molar-refractivity contribution >= 4 is 11.6 Å². The fourth-order valence-electron chi connectivity index (χ4n) is 0.393. The molecule has 0 aliphatic rings. The molecule has 0 aromatic rings. The Hall–Kier alpha value is -0.270. The lowest BCUT2D eigenvalue weighted by atomic mass is 10.2. The normalized spacial score (nSPS) is 15.2. The Morgan fingerprint density at radius 1 is 1.89 bits per heavy atom. The van der Waals surface area contributed by atoms with Crippen molar-refractivity contribution in [2.75, 3.05) is 6.61 Å². The highest BCUT2D eigenvalue weighted by molar-refractivity contribution is 6.31. The standard InChI is InChI=1S/C7H11ClO/c1-3-7(8)4-6(2)5-9/h3-4,6,9H,1,5H2,2H3/b7-4+. The summed E-state index contributed by atoms with van der Waals surface area (Å²) in [7, 11) is 0. The molecule has 0 rings (SSSR count). The summed E-state index contributed by atoms with van der Waals surface area (Å²) in [6.07, 6.45) is 3.31. The van der Waals surface area contributed by atoms with Crippen LogP contribution in [-0.2, 0) is 0 Å². The molecule has 0 heterocycles. The molecule has 0 radical (unpaired) electrons. The summed E-state index contributed by atoms with van der Waals surface area (Å²) in [5, 5.41) is 9.14. The monoisotopic (exact) mass is 146 g/mol. The first-order valence-corrected chi connectivity index (χ1v) is 3.19. The van der Waals surface area contributed by atoms with Gasteiger partial charge in [0.05, 0.1) is 0 Å². The SMILES string of the molecule is C=C/C(Cl)=C\C(C)CO. The minimum Gasteiger partial charge on any atom is -0.396 e. The van der Waals surface area contributed by atoms with E-state index in [9.17, 15) is 0 Å². The van der Waals surface area contributed by atoms with E-state index in [4.69, 9.17) is 16.7 Å². The third-order valence-electron chi connectivity index (χ3n) is 0.927. The molecule has 2 heteroatoms. The molecule has 1 nitrogen and oxygen atoms in total. The summed E-state index contributed by atoms with van der Waals surface area (Å²) in [5.74, 6) is 0.121. The molecular weight excluding hydrogens is 136 g/mol. The molecule has 1 atom stereocenters. The van der Waals surface area contributed by atoms with Crippen molar-refractivity contribution in [1.29, 1.82) is 0 Å². The highest BCUT2D eigenvalue weighted by Crippen LogP contribution is 2.06. The van der Waals surface area contributed by atoms with E-state index in [1.807, 2.05) is 6.92 Å². The molecule has 1 unspecified atom stereocenters. The smallest absolute Gasteiger partial charge is 0.0491 e. The second kappa shape index (κ2) is 4.59. The van der Waals surface area contributed by atoms with Crippen LogP contribution in [0, 0.1) is 5.92 Å². The Morgan fingerprint density at radius 2 is 2.44 bits per heavy atom. The average Bonchev–Trinajstić information content (AvgIpc) is 1.87. The molecule has 0 bridgehead atoms. The minimum absolute atomic E-state index is 0.121. The molecule has 0 amide bonds. The number of aliphatic hydroxyl groups excluding tert-OH is 1. The van der Waals surface area contributed by atoms with E-state index in [2.05, 4.69) is 6.58 Å². The van der Waals surface area contributed by atoms with Gasteiger partial charge in [0.1, 0.15) is 0 Å². The van der Waals surface area contributed by atoms with E-state index >= 15 is 0 Å². The molecule has 0 aliphatic carbocycles. The second-order valence-corrected chi connectivity index (χ2v) is 2.35. The van der Waals surface area contributed by atoms with Crippen LogP contribution < -0.4 is 0 Å². The maximum Gasteiger partial charge on any atom is 0.0491 e. The van der Waals surface area contributed by atoms with Gasteiger partial charge in [-0.2, -0.15) is 0 Å². The van der Waals surface area contributed by atoms with E-state index in [-0.39, 0.29) is 12.5 Å². The van der Waals surface area contributed by atoms with Crippen molar-refractivity contribution in [2.45, 2.75) is 6.92 Å². The van der Waals surface area contributed by atoms with Crippen molar-refractivity contribution in [2.24, 2.45) is 5.92 Å². The van der Waals surface area contributed by atoms with E-state index in [1.165, 1.54) is 0 Å². The number of allylic oxidation sites excluding steroid dienone is 2. The Kier molecular flexibility index (Phi) is 4.46. The first-order valence-electron chi connectivity index (χ1n) is 2.81. The number of hydrogen-bond acceptors (Lipinski definition) is 1. The van der Waals surface area contributed by atoms with E-state index in [0.717, 1.165) is 0 Å². The number of aliphatic hydroxyl groups is 1. The van der Waals surface area contributed by atoms with Crippen molar-refractivity contribution in [1.82, 2.24) is 0 Å². The van der Waals surface area contributed by atoms with Crippen LogP contribution in [-0.4, -0.2) is 11.7 Å². The Balaban J connectivity index is 3.78. The third kappa shape index (κ3) is 4.25. The van der Waals surface area contributed by atoms with Crippen molar-refractivity contribution in [3.63, 3.8) is 0 Å². The molecule has 1 N–H and O–H groups in total. The maximum atomic E-state index is 8.54. The lowest BCUT2D eigenvalue weighted by Gasteiger charge is -1.98. The Bertz CT molecular complexity index is 118. The molecule has 0 spiro atoms. The van der Waals surface area contributed by atoms with Crippen LogP contribution in [0.25, 0.3) is 0 Å². The topological polar surface area (TPSA) is 20.2 Å². The number of hydrogen-bond donors (Lipinski definition) is 1. The molecule has 0 aromatic heterocycles. The summed E-state index contributed by atoms with van der Waals surface area (Å²) in [5.41, 5.74) is 0. The summed E-state index contributed by atoms with van der Waals surface area (Å²) in [6, 6.07) is 0. The largest absolute Gasteiger partial charge is 0.396 e. The summed E-state index contributed by atoms with van der Waals surface area (Å²) >= 11 is 5.57. The Labute approximate surface area is 60.6 Å². The number of rotatable bonds is 3. The molecule has 9 heavy (non-hydrogen) atoms. The van der Waals surface area contributed by atoms with Crippen molar-refractivity contribution < 1.29 is 5.11 Å². The predicted molar refractivity (Wildman–Crippen MR) is 40.4 cm³/mol. The van der Waals surface area contributed by atoms with Crippen LogP contribution in [0.2, 0.25) is 0 Å². The Morgan fingerprint density at radius 3 is 2.78 bits per heavy atom. The predicted octanol–water partition coefficient (Wildman–Crippen LogP) is 1.92. The third-order valence-corrected chi connectivity index (χ3v) is 1.21. The van der Waals surface area contributed by atoms with Crippen LogP contribution >= 0.6 is 11.6 Å². The summed E-state index contributed by atoms with van der Waals surface area (Å²) in [6.45, 7) is 5.48. The van der Waals surface area contributed by atoms with Gasteiger partial charge in [0.15, 0.2) is 0 Å². The van der Waals surface area contributed by atoms with Crippen molar-refractivity contribution in [3.8, 4) is 0 Å². The first-order chi connectivity index (χ1) is 4.20. The highest BCUT2D eigenvalue weighted by atomic mass is 35.5. The molecule has 0 saturated heterocycles. The second-order valence-electron chi connectivity index (χ2n) is 1.92. The van der Waals surface area contributed by atoms with E-state index in [0.29, 0.717) is 5.03 Å². The zero-order valence-corrected chi connectivity index (χ0v) is 6.23. The fourth-order valence-corrected chi connectivity index (χ4v) is 0.608. The molecule has 0 saturated carbocycles. The van der Waals surface area contributed by atoms with Gasteiger partial charge in [-0.1, -0.05) is 37.3 Å². The fraction of sp³-hybridized carbons (Fsp3) is 0.429. The average molecular weight is 147 g/mol. The first kappa shape index (κ1) is 8.73. The summed E-state index contributed by atoms with van der Waals surface area (Å²) in [4.78, 5) is 0. The van der Waals surface area contributed by atoms with Gasteiger partial charge in [-0.3, -0.25) is 0 Å². The minimum atomic E-state index is 0.121. The highest BCUT2D eigenvalue weighted by Gasteiger charge is 1.93. The van der Waals surface area contributed by atoms with E-state index < -0.39 is 0 Å². The van der Waals surface area contributed by atoms with Crippen LogP contribution in [0.4, 0.5) is 0 Å². The molecule has 0 aliphatic heterocycles. The lowest BCUT2D eigenvalue weighted by Crippen LogP contribution is -1.95. The quantitative estimate of drug-likeness (QED) is 0.604. The van der Waals surface area contributed by atoms with Crippen LogP contribution in [0.15, 0.2) is 23.8 Å². The number of halogens is 1. The zero-order chi connectivity index (χ0) is 7.28. The van der Waals surface area contributed by atoms with Crippen LogP contribution in [0.1, 0.15) is 6.92 Å². The van der Waals surface area contributed by atoms with Gasteiger partial charge in [0.25, 0.3) is 0 Å². The molecule has 0 fully saturated rings. The van der Waals surface area contributed by atoms with Gasteiger partial charge >= 0.3 is 0 Å².